The second kappa shape index (κ2) is 7.63. The Balaban J connectivity index is 1.98. The van der Waals surface area contributed by atoms with E-state index in [0.717, 1.165) is 5.39 Å². The average Bonchev–Trinajstić information content (AvgIpc) is 2.51. The van der Waals surface area contributed by atoms with Crippen LogP contribution in [0.4, 0.5) is 0 Å². The Hall–Kier alpha value is -2.83. The molecule has 24 heavy (non-hydrogen) atoms. The second-order valence-electron chi connectivity index (χ2n) is 5.83. The zero-order valence-electron chi connectivity index (χ0n) is 13.4. The molecule has 0 saturated heterocycles. The molecule has 1 aromatic carbocycles. The third kappa shape index (κ3) is 4.84. The van der Waals surface area contributed by atoms with Crippen molar-refractivity contribution in [3.63, 3.8) is 0 Å². The normalized spacial score (nSPS) is 12.1. The number of ether oxygens (including phenoxy) is 1. The molecule has 0 fully saturated rings. The van der Waals surface area contributed by atoms with E-state index in [9.17, 15) is 14.4 Å². The van der Waals surface area contributed by atoms with Crippen molar-refractivity contribution >= 4 is 22.8 Å². The SMILES string of the molecule is CC(C)CC(NC(=O)COc1ccc2ccc(=O)oc2c1)C(=O)O. The van der Waals surface area contributed by atoms with Crippen molar-refractivity contribution in [2.75, 3.05) is 6.61 Å². The van der Waals surface area contributed by atoms with Crippen molar-refractivity contribution < 1.29 is 23.8 Å². The van der Waals surface area contributed by atoms with Crippen molar-refractivity contribution in [1.29, 1.82) is 0 Å². The first-order chi connectivity index (χ1) is 11.3. The van der Waals surface area contributed by atoms with Gasteiger partial charge >= 0.3 is 11.6 Å². The molecule has 7 heteroatoms. The van der Waals surface area contributed by atoms with Crippen molar-refractivity contribution in [2.24, 2.45) is 5.92 Å². The molecule has 2 aromatic rings. The topological polar surface area (TPSA) is 106 Å². The van der Waals surface area contributed by atoms with E-state index in [1.54, 1.807) is 18.2 Å². The summed E-state index contributed by atoms with van der Waals surface area (Å²) in [5.41, 5.74) is -0.126. The van der Waals surface area contributed by atoms with Gasteiger partial charge in [0, 0.05) is 17.5 Å². The number of amides is 1. The van der Waals surface area contributed by atoms with E-state index in [4.69, 9.17) is 14.3 Å². The number of carbonyl (C=O) groups excluding carboxylic acids is 1. The van der Waals surface area contributed by atoms with Crippen LogP contribution < -0.4 is 15.7 Å². The minimum atomic E-state index is -1.08. The highest BCUT2D eigenvalue weighted by Crippen LogP contribution is 2.19. The number of rotatable bonds is 7. The van der Waals surface area contributed by atoms with Crippen LogP contribution >= 0.6 is 0 Å². The lowest BCUT2D eigenvalue weighted by Gasteiger charge is -2.16. The standard InChI is InChI=1S/C17H19NO6/c1-10(2)7-13(17(21)22)18-15(19)9-23-12-5-3-11-4-6-16(20)24-14(11)8-12/h3-6,8,10,13H,7,9H2,1-2H3,(H,18,19)(H,21,22). The molecule has 0 saturated carbocycles. The van der Waals surface area contributed by atoms with Gasteiger partial charge in [-0.3, -0.25) is 4.79 Å². The Morgan fingerprint density at radius 3 is 2.62 bits per heavy atom. The maximum absolute atomic E-state index is 11.9. The molecule has 0 bridgehead atoms. The summed E-state index contributed by atoms with van der Waals surface area (Å²) in [4.78, 5) is 34.2. The third-order valence-electron chi connectivity index (χ3n) is 3.30. The Morgan fingerprint density at radius 1 is 1.25 bits per heavy atom. The summed E-state index contributed by atoms with van der Waals surface area (Å²) in [5, 5.41) is 12.3. The maximum atomic E-state index is 11.9. The Morgan fingerprint density at radius 2 is 1.96 bits per heavy atom. The van der Waals surface area contributed by atoms with E-state index < -0.39 is 23.5 Å². The molecule has 0 aliphatic heterocycles. The highest BCUT2D eigenvalue weighted by atomic mass is 16.5. The highest BCUT2D eigenvalue weighted by molar-refractivity contribution is 5.84. The number of carboxylic acids is 1. The van der Waals surface area contributed by atoms with Gasteiger partial charge in [-0.25, -0.2) is 9.59 Å². The number of benzene rings is 1. The summed E-state index contributed by atoms with van der Waals surface area (Å²) in [6.07, 6.45) is 0.336. The predicted molar refractivity (Wildman–Crippen MR) is 87.0 cm³/mol. The third-order valence-corrected chi connectivity index (χ3v) is 3.30. The van der Waals surface area contributed by atoms with Crippen LogP contribution in [-0.4, -0.2) is 29.6 Å². The van der Waals surface area contributed by atoms with Gasteiger partial charge in [0.2, 0.25) is 0 Å². The molecule has 0 radical (unpaired) electrons. The van der Waals surface area contributed by atoms with Gasteiger partial charge in [0.25, 0.3) is 5.91 Å². The molecule has 1 unspecified atom stereocenters. The summed E-state index contributed by atoms with van der Waals surface area (Å²) < 4.78 is 10.4. The summed E-state index contributed by atoms with van der Waals surface area (Å²) in [6.45, 7) is 3.42. The molecule has 1 heterocycles. The van der Waals surface area contributed by atoms with E-state index in [2.05, 4.69) is 5.32 Å². The highest BCUT2D eigenvalue weighted by Gasteiger charge is 2.21. The van der Waals surface area contributed by atoms with E-state index >= 15 is 0 Å². The predicted octanol–water partition coefficient (Wildman–Crippen LogP) is 1.79. The molecule has 7 nitrogen and oxygen atoms in total. The van der Waals surface area contributed by atoms with Crippen LogP contribution in [-0.2, 0) is 9.59 Å². The van der Waals surface area contributed by atoms with Crippen LogP contribution in [0.15, 0.2) is 39.5 Å². The first-order valence-electron chi connectivity index (χ1n) is 7.54. The number of carbonyl (C=O) groups is 2. The van der Waals surface area contributed by atoms with Gasteiger partial charge < -0.3 is 19.6 Å². The first-order valence-corrected chi connectivity index (χ1v) is 7.54. The summed E-state index contributed by atoms with van der Waals surface area (Å²) in [7, 11) is 0. The molecular formula is C17H19NO6. The lowest BCUT2D eigenvalue weighted by atomic mass is 10.0. The lowest BCUT2D eigenvalue weighted by Crippen LogP contribution is -2.43. The van der Waals surface area contributed by atoms with Crippen LogP contribution in [0.5, 0.6) is 5.75 Å². The van der Waals surface area contributed by atoms with Crippen LogP contribution in [0, 0.1) is 5.92 Å². The van der Waals surface area contributed by atoms with Gasteiger partial charge in [0.05, 0.1) is 0 Å². The van der Waals surface area contributed by atoms with E-state index in [1.807, 2.05) is 13.8 Å². The molecule has 2 rings (SSSR count). The lowest BCUT2D eigenvalue weighted by molar-refractivity contribution is -0.142. The molecule has 2 N–H and O–H groups in total. The molecule has 128 valence electrons. The minimum absolute atomic E-state index is 0.135. The monoisotopic (exact) mass is 333 g/mol. The fourth-order valence-electron chi connectivity index (χ4n) is 2.21. The Kier molecular flexibility index (Phi) is 5.57. The van der Waals surface area contributed by atoms with Crippen LogP contribution in [0.1, 0.15) is 20.3 Å². The van der Waals surface area contributed by atoms with Crippen molar-refractivity contribution in [3.8, 4) is 5.75 Å². The van der Waals surface area contributed by atoms with Crippen molar-refractivity contribution in [1.82, 2.24) is 5.32 Å². The van der Waals surface area contributed by atoms with Gasteiger partial charge in [0.1, 0.15) is 17.4 Å². The number of nitrogens with one attached hydrogen (secondary N) is 1. The molecule has 0 aliphatic rings. The van der Waals surface area contributed by atoms with Crippen molar-refractivity contribution in [3.05, 3.63) is 40.8 Å². The van der Waals surface area contributed by atoms with Crippen LogP contribution in [0.25, 0.3) is 11.0 Å². The summed E-state index contributed by atoms with van der Waals surface area (Å²) >= 11 is 0. The fraction of sp³-hybridized carbons (Fsp3) is 0.353. The molecular weight excluding hydrogens is 314 g/mol. The Labute approximate surface area is 138 Å². The summed E-state index contributed by atoms with van der Waals surface area (Å²) in [6, 6.07) is 6.84. The van der Waals surface area contributed by atoms with Gasteiger partial charge in [-0.15, -0.1) is 0 Å². The van der Waals surface area contributed by atoms with Crippen molar-refractivity contribution in [2.45, 2.75) is 26.3 Å². The van der Waals surface area contributed by atoms with Gasteiger partial charge in [-0.2, -0.15) is 0 Å². The quantitative estimate of drug-likeness (QED) is 0.748. The number of hydrogen-bond acceptors (Lipinski definition) is 5. The van der Waals surface area contributed by atoms with Crippen LogP contribution in [0.3, 0.4) is 0 Å². The van der Waals surface area contributed by atoms with E-state index in [0.29, 0.717) is 17.8 Å². The number of hydrogen-bond donors (Lipinski definition) is 2. The molecule has 0 spiro atoms. The van der Waals surface area contributed by atoms with Crippen LogP contribution in [0.2, 0.25) is 0 Å². The molecule has 0 aliphatic carbocycles. The molecule has 1 atom stereocenters. The first kappa shape index (κ1) is 17.5. The fourth-order valence-corrected chi connectivity index (χ4v) is 2.21. The zero-order valence-corrected chi connectivity index (χ0v) is 13.4. The van der Waals surface area contributed by atoms with E-state index in [-0.39, 0.29) is 12.5 Å². The Bertz CT molecular complexity index is 795. The molecule has 1 aromatic heterocycles. The van der Waals surface area contributed by atoms with E-state index in [1.165, 1.54) is 12.1 Å². The summed E-state index contributed by atoms with van der Waals surface area (Å²) in [5.74, 6) is -1.12. The largest absolute Gasteiger partial charge is 0.484 e. The van der Waals surface area contributed by atoms with Gasteiger partial charge in [0.15, 0.2) is 6.61 Å². The maximum Gasteiger partial charge on any atom is 0.336 e. The average molecular weight is 333 g/mol. The van der Waals surface area contributed by atoms with Gasteiger partial charge in [-0.1, -0.05) is 13.8 Å². The second-order valence-corrected chi connectivity index (χ2v) is 5.83. The van der Waals surface area contributed by atoms with Gasteiger partial charge in [-0.05, 0) is 30.5 Å². The zero-order chi connectivity index (χ0) is 17.7. The minimum Gasteiger partial charge on any atom is -0.484 e. The number of carboxylic acid groups (broad SMARTS) is 1. The number of aliphatic carboxylic acids is 1. The molecule has 1 amide bonds. The number of fused-ring (bicyclic) bond motifs is 1. The smallest absolute Gasteiger partial charge is 0.336 e.